The van der Waals surface area contributed by atoms with Crippen LogP contribution in [0.2, 0.25) is 0 Å². The van der Waals surface area contributed by atoms with Crippen molar-refractivity contribution in [2.75, 3.05) is 24.5 Å². The first-order chi connectivity index (χ1) is 13.8. The van der Waals surface area contributed by atoms with Gasteiger partial charge in [-0.3, -0.25) is 0 Å². The molecule has 0 saturated carbocycles. The summed E-state index contributed by atoms with van der Waals surface area (Å²) < 4.78 is 1.93. The van der Waals surface area contributed by atoms with E-state index in [1.807, 2.05) is 41.2 Å². The second-order valence-corrected chi connectivity index (χ2v) is 7.11. The van der Waals surface area contributed by atoms with Crippen LogP contribution >= 0.6 is 0 Å². The van der Waals surface area contributed by atoms with Crippen molar-refractivity contribution in [3.63, 3.8) is 0 Å². The molecule has 0 spiro atoms. The Bertz CT molecular complexity index is 918. The van der Waals surface area contributed by atoms with Gasteiger partial charge in [0.05, 0.1) is 17.4 Å². The molecular weight excluding hydrogens is 348 g/mol. The number of piperidine rings is 1. The number of anilines is 1. The lowest BCUT2D eigenvalue weighted by molar-refractivity contribution is 0.416. The lowest BCUT2D eigenvalue weighted by Crippen LogP contribution is -2.43. The smallest absolute Gasteiger partial charge is 0.128 e. The monoisotopic (exact) mass is 372 g/mol. The van der Waals surface area contributed by atoms with Gasteiger partial charge in [-0.25, -0.2) is 9.67 Å². The molecule has 2 aromatic heterocycles. The predicted octanol–water partition coefficient (Wildman–Crippen LogP) is 2.94. The van der Waals surface area contributed by atoms with Crippen LogP contribution in [0.3, 0.4) is 0 Å². The first-order valence-corrected chi connectivity index (χ1v) is 9.75. The van der Waals surface area contributed by atoms with E-state index in [-0.39, 0.29) is 0 Å². The van der Waals surface area contributed by atoms with Crippen molar-refractivity contribution in [1.82, 2.24) is 20.1 Å². The number of nitrogens with one attached hydrogen (secondary N) is 1. The molecule has 0 aliphatic carbocycles. The average molecular weight is 372 g/mol. The van der Waals surface area contributed by atoms with Crippen molar-refractivity contribution >= 4 is 5.82 Å². The summed E-state index contributed by atoms with van der Waals surface area (Å²) in [4.78, 5) is 6.70. The molecule has 6 heteroatoms. The molecule has 1 aliphatic rings. The number of hydrogen-bond acceptors (Lipinski definition) is 5. The Labute approximate surface area is 165 Å². The zero-order chi connectivity index (χ0) is 19.2. The van der Waals surface area contributed by atoms with Gasteiger partial charge in [0.15, 0.2) is 0 Å². The van der Waals surface area contributed by atoms with E-state index >= 15 is 0 Å². The number of rotatable bonds is 6. The highest BCUT2D eigenvalue weighted by molar-refractivity contribution is 5.42. The molecule has 0 bridgehead atoms. The Hall–Kier alpha value is -3.17. The molecule has 4 rings (SSSR count). The van der Waals surface area contributed by atoms with Crippen LogP contribution in [0.1, 0.15) is 24.0 Å². The molecule has 1 aliphatic heterocycles. The summed E-state index contributed by atoms with van der Waals surface area (Å²) in [5.74, 6) is 0.964. The summed E-state index contributed by atoms with van der Waals surface area (Å²) in [5.41, 5.74) is 2.94. The molecule has 0 radical (unpaired) electrons. The number of aromatic nitrogens is 3. The maximum Gasteiger partial charge on any atom is 0.128 e. The number of hydrogen-bond donors (Lipinski definition) is 1. The lowest BCUT2D eigenvalue weighted by Gasteiger charge is -2.33. The third-order valence-corrected chi connectivity index (χ3v) is 5.20. The molecule has 28 heavy (non-hydrogen) atoms. The molecule has 0 amide bonds. The molecule has 1 N–H and O–H groups in total. The summed E-state index contributed by atoms with van der Waals surface area (Å²) in [5, 5.41) is 17.0. The maximum atomic E-state index is 8.88. The van der Waals surface area contributed by atoms with Crippen LogP contribution in [-0.2, 0) is 6.42 Å². The van der Waals surface area contributed by atoms with E-state index in [0.717, 1.165) is 50.4 Å². The van der Waals surface area contributed by atoms with Gasteiger partial charge in [0.2, 0.25) is 0 Å². The minimum absolute atomic E-state index is 0.541. The first-order valence-electron chi connectivity index (χ1n) is 9.75. The maximum absolute atomic E-state index is 8.88. The van der Waals surface area contributed by atoms with Crippen LogP contribution < -0.4 is 10.2 Å². The van der Waals surface area contributed by atoms with Crippen LogP contribution in [0.4, 0.5) is 5.82 Å². The van der Waals surface area contributed by atoms with Gasteiger partial charge < -0.3 is 10.2 Å². The quantitative estimate of drug-likeness (QED) is 0.720. The average Bonchev–Trinajstić information content (AvgIpc) is 3.24. The second kappa shape index (κ2) is 8.68. The Balaban J connectivity index is 1.22. The Morgan fingerprint density at radius 1 is 1.07 bits per heavy atom. The van der Waals surface area contributed by atoms with Gasteiger partial charge in [-0.1, -0.05) is 18.2 Å². The number of para-hydroxylation sites is 1. The van der Waals surface area contributed by atoms with Crippen molar-refractivity contribution in [3.05, 3.63) is 72.2 Å². The summed E-state index contributed by atoms with van der Waals surface area (Å²) in [7, 11) is 0. The lowest BCUT2D eigenvalue weighted by atomic mass is 10.0. The van der Waals surface area contributed by atoms with Gasteiger partial charge in [-0.2, -0.15) is 10.4 Å². The third kappa shape index (κ3) is 4.38. The number of nitriles is 1. The highest BCUT2D eigenvalue weighted by Crippen LogP contribution is 2.18. The van der Waals surface area contributed by atoms with Gasteiger partial charge in [0.1, 0.15) is 11.9 Å². The van der Waals surface area contributed by atoms with E-state index in [9.17, 15) is 0 Å². The Morgan fingerprint density at radius 3 is 2.61 bits per heavy atom. The van der Waals surface area contributed by atoms with Crippen LogP contribution in [0.25, 0.3) is 5.69 Å². The van der Waals surface area contributed by atoms with Gasteiger partial charge >= 0.3 is 0 Å². The van der Waals surface area contributed by atoms with Crippen LogP contribution in [0.5, 0.6) is 0 Å². The molecule has 0 unspecified atom stereocenters. The fraction of sp³-hybridized carbons (Fsp3) is 0.318. The molecular formula is C22H24N6. The molecule has 3 aromatic rings. The van der Waals surface area contributed by atoms with E-state index in [4.69, 9.17) is 5.26 Å². The van der Waals surface area contributed by atoms with E-state index < -0.39 is 0 Å². The van der Waals surface area contributed by atoms with Gasteiger partial charge in [0, 0.05) is 31.5 Å². The topological polar surface area (TPSA) is 69.8 Å². The second-order valence-electron chi connectivity index (χ2n) is 7.11. The number of nitrogens with zero attached hydrogens (tertiary/aromatic N) is 5. The standard InChI is InChI=1S/C22H24N6/c23-14-18-6-7-22(25-15-18)27-12-9-20(10-13-27)24-11-8-19-16-26-28(17-19)21-4-2-1-3-5-21/h1-7,15-17,20,24H,8-13H2. The van der Waals surface area contributed by atoms with Crippen LogP contribution in [0, 0.1) is 11.3 Å². The van der Waals surface area contributed by atoms with Crippen LogP contribution in [-0.4, -0.2) is 40.4 Å². The Kier molecular flexibility index (Phi) is 5.64. The fourth-order valence-electron chi connectivity index (χ4n) is 3.58. The zero-order valence-corrected chi connectivity index (χ0v) is 15.8. The molecule has 3 heterocycles. The normalized spacial score (nSPS) is 14.8. The number of benzene rings is 1. The van der Waals surface area contributed by atoms with Crippen molar-refractivity contribution < 1.29 is 0 Å². The molecule has 1 saturated heterocycles. The molecule has 142 valence electrons. The van der Waals surface area contributed by atoms with E-state index in [1.165, 1.54) is 5.56 Å². The molecule has 1 aromatic carbocycles. The minimum Gasteiger partial charge on any atom is -0.357 e. The fourth-order valence-corrected chi connectivity index (χ4v) is 3.58. The van der Waals surface area contributed by atoms with E-state index in [1.54, 1.807) is 6.20 Å². The summed E-state index contributed by atoms with van der Waals surface area (Å²) in [6, 6.07) is 16.6. The van der Waals surface area contributed by atoms with Gasteiger partial charge in [-0.15, -0.1) is 0 Å². The summed E-state index contributed by atoms with van der Waals surface area (Å²) >= 11 is 0. The molecule has 6 nitrogen and oxygen atoms in total. The predicted molar refractivity (Wildman–Crippen MR) is 109 cm³/mol. The van der Waals surface area contributed by atoms with E-state index in [2.05, 4.69) is 44.7 Å². The number of pyridine rings is 1. The highest BCUT2D eigenvalue weighted by atomic mass is 15.3. The van der Waals surface area contributed by atoms with Crippen molar-refractivity contribution in [1.29, 1.82) is 5.26 Å². The molecule has 1 fully saturated rings. The SMILES string of the molecule is N#Cc1ccc(N2CCC(NCCc3cnn(-c4ccccc4)c3)CC2)nc1. The van der Waals surface area contributed by atoms with Gasteiger partial charge in [0.25, 0.3) is 0 Å². The van der Waals surface area contributed by atoms with Gasteiger partial charge in [-0.05, 0) is 55.6 Å². The minimum atomic E-state index is 0.541. The van der Waals surface area contributed by atoms with Crippen molar-refractivity contribution in [2.45, 2.75) is 25.3 Å². The first kappa shape index (κ1) is 18.2. The zero-order valence-electron chi connectivity index (χ0n) is 15.8. The summed E-state index contributed by atoms with van der Waals surface area (Å²) in [6.07, 6.45) is 8.89. The summed E-state index contributed by atoms with van der Waals surface area (Å²) in [6.45, 7) is 2.94. The van der Waals surface area contributed by atoms with E-state index in [0.29, 0.717) is 11.6 Å². The van der Waals surface area contributed by atoms with Crippen LogP contribution in [0.15, 0.2) is 61.1 Å². The largest absolute Gasteiger partial charge is 0.357 e. The van der Waals surface area contributed by atoms with Crippen molar-refractivity contribution in [2.24, 2.45) is 0 Å². The highest BCUT2D eigenvalue weighted by Gasteiger charge is 2.19. The Morgan fingerprint density at radius 2 is 1.89 bits per heavy atom. The van der Waals surface area contributed by atoms with Crippen molar-refractivity contribution in [3.8, 4) is 11.8 Å². The third-order valence-electron chi connectivity index (χ3n) is 5.20. The molecule has 0 atom stereocenters.